The number of rotatable bonds is 16. The Kier molecular flexibility index (Phi) is 17.3. The highest BCUT2D eigenvalue weighted by molar-refractivity contribution is 7.10. The quantitative estimate of drug-likeness (QED) is 0.0796. The van der Waals surface area contributed by atoms with Crippen LogP contribution in [-0.2, 0) is 4.74 Å². The first kappa shape index (κ1) is 55.0. The Morgan fingerprint density at radius 1 is 0.435 bits per heavy atom. The van der Waals surface area contributed by atoms with Gasteiger partial charge in [-0.15, -0.1) is 0 Å². The maximum atomic E-state index is 7.07. The monoisotopic (exact) mass is 959 g/mol. The summed E-state index contributed by atoms with van der Waals surface area (Å²) in [5, 5.41) is 4.96. The Morgan fingerprint density at radius 2 is 0.758 bits per heavy atom. The van der Waals surface area contributed by atoms with Gasteiger partial charge >= 0.3 is 0 Å². The van der Waals surface area contributed by atoms with Crippen molar-refractivity contribution >= 4 is 78.8 Å². The number of aliphatic imine (C=N–C) groups is 1. The molecule has 347 valence electrons. The van der Waals surface area contributed by atoms with Crippen LogP contribution in [-0.4, -0.2) is 69.9 Å². The predicted molar refractivity (Wildman–Crippen MR) is 303 cm³/mol. The van der Waals surface area contributed by atoms with Gasteiger partial charge in [-0.05, 0) is 97.8 Å². The Balaban J connectivity index is 3.05. The molecule has 0 aliphatic rings. The molecule has 3 aromatic carbocycles. The molecule has 0 aliphatic heterocycles. The van der Waals surface area contributed by atoms with Crippen molar-refractivity contribution in [2.75, 3.05) is 7.11 Å². The van der Waals surface area contributed by atoms with E-state index in [4.69, 9.17) is 9.73 Å². The van der Waals surface area contributed by atoms with Crippen LogP contribution in [0.2, 0.25) is 118 Å². The SMILES string of the molecule is COC(=Nc1c(C(C)C)cc(C(C)C)cc1C(C)C)[Si](c1c(C)cc(C)cc1C)c1c(C([Si](C)(C)C)[Si](C)(C)C)cc(C([Si](C)(C)C)[Si](C)(C)C)cc1C([Si](C)(C)C)[Si](C)(C)C. The first-order chi connectivity index (χ1) is 27.8. The average Bonchev–Trinajstić information content (AvgIpc) is 3.01. The highest BCUT2D eigenvalue weighted by Crippen LogP contribution is 2.45. The van der Waals surface area contributed by atoms with Crippen molar-refractivity contribution in [1.29, 1.82) is 0 Å². The summed E-state index contributed by atoms with van der Waals surface area (Å²) in [5.41, 5.74) is 15.4. The van der Waals surface area contributed by atoms with Crippen LogP contribution >= 0.6 is 0 Å². The third kappa shape index (κ3) is 12.5. The minimum Gasteiger partial charge on any atom is -0.488 e. The second-order valence-corrected chi connectivity index (χ2v) is 62.6. The fourth-order valence-corrected chi connectivity index (χ4v) is 54.4. The predicted octanol–water partition coefficient (Wildman–Crippen LogP) is 16.0. The van der Waals surface area contributed by atoms with Gasteiger partial charge < -0.3 is 4.74 Å². The average molecular weight is 960 g/mol. The van der Waals surface area contributed by atoms with Crippen molar-refractivity contribution in [2.24, 2.45) is 4.99 Å². The lowest BCUT2D eigenvalue weighted by Gasteiger charge is -2.46. The Morgan fingerprint density at radius 3 is 1.03 bits per heavy atom. The van der Waals surface area contributed by atoms with E-state index in [0.29, 0.717) is 33.2 Å². The molecular weight excluding hydrogens is 863 g/mol. The van der Waals surface area contributed by atoms with Crippen molar-refractivity contribution in [3.8, 4) is 0 Å². The van der Waals surface area contributed by atoms with Crippen LogP contribution in [0.1, 0.15) is 125 Å². The summed E-state index contributed by atoms with van der Waals surface area (Å²) in [6.07, 6.45) is 0. The molecule has 0 unspecified atom stereocenters. The summed E-state index contributed by atoms with van der Waals surface area (Å²) < 4.78 is 7.07. The standard InChI is InChI=1S/C53H96NOSi7/c1-35(2)41-31-43(36(3)4)47(44(32-41)37(5)6)54-53(55-10)56(48-39(8)29-38(7)30-40(48)9)49-45(51(59(17,18)19)60(20,21)22)33-42(50(57(11,12)13)58(14,15)16)34-46(49)52(61(23,24)25)62(26,27)28/h29-37,50-52H,1-28H3. The van der Waals surface area contributed by atoms with Crippen molar-refractivity contribution in [3.05, 3.63) is 86.5 Å². The van der Waals surface area contributed by atoms with E-state index in [9.17, 15) is 0 Å². The molecule has 0 atom stereocenters. The molecule has 0 N–H and O–H groups in total. The molecule has 0 amide bonds. The van der Waals surface area contributed by atoms with Crippen LogP contribution in [0.3, 0.4) is 0 Å². The van der Waals surface area contributed by atoms with E-state index in [1.165, 1.54) is 38.6 Å². The Labute approximate surface area is 393 Å². The normalized spacial score (nSPS) is 14.3. The highest BCUT2D eigenvalue weighted by Gasteiger charge is 2.49. The fraction of sp³-hybridized carbons (Fsp3) is 0.642. The van der Waals surface area contributed by atoms with Crippen molar-refractivity contribution in [1.82, 2.24) is 0 Å². The summed E-state index contributed by atoms with van der Waals surface area (Å²) in [4.78, 5) is 6.06. The molecule has 3 rings (SSSR count). The Hall–Kier alpha value is -1.35. The lowest BCUT2D eigenvalue weighted by atomic mass is 9.87. The molecule has 0 bridgehead atoms. The zero-order valence-electron chi connectivity index (χ0n) is 45.8. The van der Waals surface area contributed by atoms with Crippen molar-refractivity contribution in [2.45, 2.75) is 213 Å². The van der Waals surface area contributed by atoms with Gasteiger partial charge in [-0.1, -0.05) is 212 Å². The third-order valence-corrected chi connectivity index (χ3v) is 44.3. The molecule has 0 fully saturated rings. The molecule has 9 heteroatoms. The topological polar surface area (TPSA) is 21.6 Å². The minimum absolute atomic E-state index is 0.332. The van der Waals surface area contributed by atoms with Crippen LogP contribution in [0.5, 0.6) is 0 Å². The van der Waals surface area contributed by atoms with Gasteiger partial charge in [0.05, 0.1) is 12.8 Å². The van der Waals surface area contributed by atoms with Gasteiger partial charge in [0.2, 0.25) is 8.80 Å². The van der Waals surface area contributed by atoms with E-state index < -0.39 is 57.2 Å². The van der Waals surface area contributed by atoms with Crippen LogP contribution < -0.4 is 10.4 Å². The molecule has 1 radical (unpaired) electrons. The number of ether oxygens (including phenoxy) is 1. The molecule has 0 heterocycles. The number of aryl methyl sites for hydroxylation is 3. The van der Waals surface area contributed by atoms with Crippen LogP contribution in [0.15, 0.2) is 41.4 Å². The van der Waals surface area contributed by atoms with Gasteiger partial charge in [-0.2, -0.15) is 0 Å². The summed E-state index contributed by atoms with van der Waals surface area (Å²) in [7, 11) is -10.5. The summed E-state index contributed by atoms with van der Waals surface area (Å²) in [6, 6.07) is 15.6. The van der Waals surface area contributed by atoms with Gasteiger partial charge in [-0.25, -0.2) is 4.99 Å². The minimum atomic E-state index is -1.83. The molecule has 3 aromatic rings. The largest absolute Gasteiger partial charge is 0.488 e. The van der Waals surface area contributed by atoms with Crippen molar-refractivity contribution < 1.29 is 4.74 Å². The number of nitrogens with zero attached hydrogens (tertiary/aromatic N) is 1. The lowest BCUT2D eigenvalue weighted by molar-refractivity contribution is 0.413. The van der Waals surface area contributed by atoms with Crippen LogP contribution in [0.4, 0.5) is 5.69 Å². The fourth-order valence-electron chi connectivity index (χ4n) is 12.7. The lowest BCUT2D eigenvalue weighted by Crippen LogP contribution is -2.60. The Bertz CT molecular complexity index is 1930. The second-order valence-electron chi connectivity index (χ2n) is 26.9. The molecule has 2 nitrogen and oxygen atoms in total. The number of hydrogen-bond donors (Lipinski definition) is 0. The van der Waals surface area contributed by atoms with E-state index >= 15 is 0 Å². The van der Waals surface area contributed by atoms with Gasteiger partial charge in [0, 0.05) is 48.4 Å². The molecule has 0 spiro atoms. The van der Waals surface area contributed by atoms with E-state index in [2.05, 4.69) is 217 Å². The highest BCUT2D eigenvalue weighted by atomic mass is 28.4. The number of methoxy groups -OCH3 is 1. The van der Waals surface area contributed by atoms with Gasteiger partial charge in [0.25, 0.3) is 0 Å². The van der Waals surface area contributed by atoms with E-state index in [-0.39, 0.29) is 0 Å². The zero-order chi connectivity index (χ0) is 48.2. The molecule has 62 heavy (non-hydrogen) atoms. The van der Waals surface area contributed by atoms with Crippen LogP contribution in [0.25, 0.3) is 0 Å². The third-order valence-electron chi connectivity index (χ3n) is 13.3. The molecule has 0 saturated heterocycles. The maximum absolute atomic E-state index is 7.07. The maximum Gasteiger partial charge on any atom is 0.229 e. The molecular formula is C53H96NOSi7. The second kappa shape index (κ2) is 19.5. The van der Waals surface area contributed by atoms with E-state index in [1.807, 2.05) is 7.11 Å². The summed E-state index contributed by atoms with van der Waals surface area (Å²) in [6.45, 7) is 69.4. The first-order valence-corrected chi connectivity index (χ1v) is 47.2. The summed E-state index contributed by atoms with van der Waals surface area (Å²) in [5.74, 6) is 1.11. The smallest absolute Gasteiger partial charge is 0.229 e. The van der Waals surface area contributed by atoms with Gasteiger partial charge in [0.1, 0.15) is 0 Å². The van der Waals surface area contributed by atoms with Gasteiger partial charge in [-0.3, -0.25) is 0 Å². The summed E-state index contributed by atoms with van der Waals surface area (Å²) >= 11 is 0. The zero-order valence-corrected chi connectivity index (χ0v) is 52.8. The number of benzene rings is 3. The first-order valence-electron chi connectivity index (χ1n) is 24.2. The van der Waals surface area contributed by atoms with Gasteiger partial charge in [0.15, 0.2) is 5.52 Å². The number of hydrogen-bond acceptors (Lipinski definition) is 2. The van der Waals surface area contributed by atoms with Crippen LogP contribution in [0, 0.1) is 20.8 Å². The molecule has 0 aromatic heterocycles. The molecule has 0 saturated carbocycles. The van der Waals surface area contributed by atoms with E-state index in [1.54, 1.807) is 21.9 Å². The molecule has 0 aliphatic carbocycles. The van der Waals surface area contributed by atoms with E-state index in [0.717, 1.165) is 11.2 Å². The van der Waals surface area contributed by atoms with Crippen molar-refractivity contribution in [3.63, 3.8) is 0 Å².